The summed E-state index contributed by atoms with van der Waals surface area (Å²) in [5.74, 6) is 0.846. The summed E-state index contributed by atoms with van der Waals surface area (Å²) in [5.41, 5.74) is 1.76. The molecule has 0 aliphatic rings. The minimum atomic E-state index is 0.724. The Kier molecular flexibility index (Phi) is 3.63. The van der Waals surface area contributed by atoms with Crippen LogP contribution in [0.2, 0.25) is 0 Å². The van der Waals surface area contributed by atoms with Crippen LogP contribution in [0.3, 0.4) is 0 Å². The molecule has 0 radical (unpaired) electrons. The molecule has 17 heavy (non-hydrogen) atoms. The lowest BCUT2D eigenvalue weighted by Gasteiger charge is -2.05. The predicted molar refractivity (Wildman–Crippen MR) is 69.4 cm³/mol. The fraction of sp³-hybridized carbons (Fsp3) is 0.154. The average molecular weight is 244 g/mol. The van der Waals surface area contributed by atoms with Crippen molar-refractivity contribution in [3.63, 3.8) is 0 Å². The molecule has 0 aliphatic carbocycles. The molecule has 2 rings (SSSR count). The number of hydrogen-bond acceptors (Lipinski definition) is 4. The summed E-state index contributed by atoms with van der Waals surface area (Å²) in [6.07, 6.45) is 0. The van der Waals surface area contributed by atoms with Gasteiger partial charge >= 0.3 is 0 Å². The summed E-state index contributed by atoms with van der Waals surface area (Å²) in [4.78, 5) is 1.15. The minimum Gasteiger partial charge on any atom is -0.497 e. The fourth-order valence-corrected chi connectivity index (χ4v) is 2.18. The lowest BCUT2D eigenvalue weighted by atomic mass is 10.3. The van der Waals surface area contributed by atoms with Crippen molar-refractivity contribution >= 4 is 17.0 Å². The molecule has 0 aliphatic heterocycles. The number of thiophene rings is 1. The summed E-state index contributed by atoms with van der Waals surface area (Å²) < 4.78 is 5.09. The molecule has 1 aromatic heterocycles. The van der Waals surface area contributed by atoms with Gasteiger partial charge in [0.25, 0.3) is 0 Å². The van der Waals surface area contributed by atoms with Crippen molar-refractivity contribution in [2.75, 3.05) is 12.4 Å². The van der Waals surface area contributed by atoms with E-state index in [4.69, 9.17) is 10.00 Å². The molecule has 4 heteroatoms. The number of rotatable bonds is 4. The first kappa shape index (κ1) is 11.5. The van der Waals surface area contributed by atoms with E-state index in [-0.39, 0.29) is 0 Å². The molecule has 0 spiro atoms. The maximum Gasteiger partial charge on any atom is 0.119 e. The van der Waals surface area contributed by atoms with E-state index in [1.807, 2.05) is 35.7 Å². The van der Waals surface area contributed by atoms with Gasteiger partial charge in [0.15, 0.2) is 0 Å². The summed E-state index contributed by atoms with van der Waals surface area (Å²) in [7, 11) is 1.65. The van der Waals surface area contributed by atoms with Gasteiger partial charge in [0.1, 0.15) is 11.8 Å². The van der Waals surface area contributed by atoms with E-state index >= 15 is 0 Å². The molecule has 0 saturated heterocycles. The van der Waals surface area contributed by atoms with Crippen molar-refractivity contribution in [3.8, 4) is 11.8 Å². The highest BCUT2D eigenvalue weighted by Crippen LogP contribution is 2.18. The molecule has 3 nitrogen and oxygen atoms in total. The number of methoxy groups -OCH3 is 1. The van der Waals surface area contributed by atoms with Gasteiger partial charge in [-0.3, -0.25) is 0 Å². The highest BCUT2D eigenvalue weighted by Gasteiger charge is 1.99. The summed E-state index contributed by atoms with van der Waals surface area (Å²) in [5, 5.41) is 13.9. The highest BCUT2D eigenvalue weighted by atomic mass is 32.1. The molecule has 0 fully saturated rings. The first-order valence-electron chi connectivity index (χ1n) is 5.17. The molecule has 0 unspecified atom stereocenters. The highest BCUT2D eigenvalue weighted by molar-refractivity contribution is 7.10. The molecule has 0 saturated carbocycles. The van der Waals surface area contributed by atoms with E-state index in [1.54, 1.807) is 18.4 Å². The second-order valence-electron chi connectivity index (χ2n) is 3.50. The van der Waals surface area contributed by atoms with Crippen molar-refractivity contribution in [2.24, 2.45) is 0 Å². The standard InChI is InChI=1S/C13H12N2OS/c1-16-12-4-2-11(3-5-12)15-8-13-6-10(7-14)9-17-13/h2-6,9,15H,8H2,1H3. The van der Waals surface area contributed by atoms with Gasteiger partial charge in [-0.2, -0.15) is 5.26 Å². The first-order valence-corrected chi connectivity index (χ1v) is 6.05. The Labute approximate surface area is 104 Å². The Balaban J connectivity index is 1.95. The van der Waals surface area contributed by atoms with Gasteiger partial charge < -0.3 is 10.1 Å². The van der Waals surface area contributed by atoms with Gasteiger partial charge in [0, 0.05) is 22.5 Å². The second kappa shape index (κ2) is 5.37. The zero-order valence-electron chi connectivity index (χ0n) is 9.43. The second-order valence-corrected chi connectivity index (χ2v) is 4.49. The summed E-state index contributed by atoms with van der Waals surface area (Å²) in [6.45, 7) is 0.735. The Morgan fingerprint density at radius 1 is 1.35 bits per heavy atom. The Morgan fingerprint density at radius 2 is 2.12 bits per heavy atom. The summed E-state index contributed by atoms with van der Waals surface area (Å²) >= 11 is 1.59. The third-order valence-electron chi connectivity index (χ3n) is 2.34. The number of nitriles is 1. The van der Waals surface area contributed by atoms with E-state index < -0.39 is 0 Å². The van der Waals surface area contributed by atoms with Crippen LogP contribution in [0.15, 0.2) is 35.7 Å². The van der Waals surface area contributed by atoms with Gasteiger partial charge in [0.05, 0.1) is 12.7 Å². The maximum atomic E-state index is 8.72. The van der Waals surface area contributed by atoms with Crippen LogP contribution in [-0.4, -0.2) is 7.11 Å². The average Bonchev–Trinajstić information content (AvgIpc) is 2.85. The normalized spacial score (nSPS) is 9.65. The molecular formula is C13H12N2OS. The SMILES string of the molecule is COc1ccc(NCc2cc(C#N)cs2)cc1. The van der Waals surface area contributed by atoms with Crippen LogP contribution in [0.1, 0.15) is 10.4 Å². The van der Waals surface area contributed by atoms with Crippen molar-refractivity contribution < 1.29 is 4.74 Å². The van der Waals surface area contributed by atoms with Gasteiger partial charge in [0.2, 0.25) is 0 Å². The molecule has 0 bridgehead atoms. The Bertz CT molecular complexity index is 525. The van der Waals surface area contributed by atoms with Gasteiger partial charge in [-0.1, -0.05) is 0 Å². The number of anilines is 1. The quantitative estimate of drug-likeness (QED) is 0.898. The van der Waals surface area contributed by atoms with Crippen molar-refractivity contribution in [1.29, 1.82) is 5.26 Å². The molecule has 1 heterocycles. The van der Waals surface area contributed by atoms with Crippen molar-refractivity contribution in [1.82, 2.24) is 0 Å². The molecule has 1 N–H and O–H groups in total. The Hall–Kier alpha value is -1.99. The van der Waals surface area contributed by atoms with Crippen LogP contribution in [0.4, 0.5) is 5.69 Å². The largest absolute Gasteiger partial charge is 0.497 e. The van der Waals surface area contributed by atoms with Gasteiger partial charge in [-0.15, -0.1) is 11.3 Å². The number of hydrogen-bond donors (Lipinski definition) is 1. The third-order valence-corrected chi connectivity index (χ3v) is 3.28. The van der Waals surface area contributed by atoms with E-state index in [0.29, 0.717) is 0 Å². The van der Waals surface area contributed by atoms with Crippen LogP contribution in [-0.2, 0) is 6.54 Å². The monoisotopic (exact) mass is 244 g/mol. The lowest BCUT2D eigenvalue weighted by Crippen LogP contribution is -1.97. The van der Waals surface area contributed by atoms with E-state index in [1.165, 1.54) is 0 Å². The zero-order chi connectivity index (χ0) is 12.1. The fourth-order valence-electron chi connectivity index (χ4n) is 1.43. The molecular weight excluding hydrogens is 232 g/mol. The van der Waals surface area contributed by atoms with Crippen LogP contribution in [0.5, 0.6) is 5.75 Å². The number of ether oxygens (including phenoxy) is 1. The van der Waals surface area contributed by atoms with E-state index in [2.05, 4.69) is 11.4 Å². The van der Waals surface area contributed by atoms with Crippen LogP contribution in [0, 0.1) is 11.3 Å². The van der Waals surface area contributed by atoms with Gasteiger partial charge in [-0.25, -0.2) is 0 Å². The van der Waals surface area contributed by atoms with Crippen molar-refractivity contribution in [3.05, 3.63) is 46.2 Å². The van der Waals surface area contributed by atoms with Gasteiger partial charge in [-0.05, 0) is 30.3 Å². The van der Waals surface area contributed by atoms with Crippen LogP contribution >= 0.6 is 11.3 Å². The molecule has 86 valence electrons. The van der Waals surface area contributed by atoms with E-state index in [9.17, 15) is 0 Å². The minimum absolute atomic E-state index is 0.724. The van der Waals surface area contributed by atoms with Crippen molar-refractivity contribution in [2.45, 2.75) is 6.54 Å². The predicted octanol–water partition coefficient (Wildman–Crippen LogP) is 3.24. The van der Waals surface area contributed by atoms with E-state index in [0.717, 1.165) is 28.4 Å². The number of nitrogens with zero attached hydrogens (tertiary/aromatic N) is 1. The smallest absolute Gasteiger partial charge is 0.119 e. The first-order chi connectivity index (χ1) is 8.31. The molecule has 1 aromatic carbocycles. The number of nitrogens with one attached hydrogen (secondary N) is 1. The maximum absolute atomic E-state index is 8.72. The number of benzene rings is 1. The zero-order valence-corrected chi connectivity index (χ0v) is 10.3. The topological polar surface area (TPSA) is 45.0 Å². The molecule has 2 aromatic rings. The third kappa shape index (κ3) is 2.99. The molecule has 0 amide bonds. The van der Waals surface area contributed by atoms with Crippen LogP contribution < -0.4 is 10.1 Å². The molecule has 0 atom stereocenters. The lowest BCUT2D eigenvalue weighted by molar-refractivity contribution is 0.415. The Morgan fingerprint density at radius 3 is 2.71 bits per heavy atom. The summed E-state index contributed by atoms with van der Waals surface area (Å²) in [6, 6.07) is 11.8. The van der Waals surface area contributed by atoms with Crippen LogP contribution in [0.25, 0.3) is 0 Å².